The molecule has 0 unspecified atom stereocenters. The highest BCUT2D eigenvalue weighted by atomic mass is 79.9. The molecule has 1 aromatic carbocycles. The summed E-state index contributed by atoms with van der Waals surface area (Å²) in [6.45, 7) is 0.758. The molecule has 1 N–H and O–H groups in total. The molecule has 0 radical (unpaired) electrons. The van der Waals surface area contributed by atoms with Crippen molar-refractivity contribution < 1.29 is 4.79 Å². The number of amides is 1. The zero-order chi connectivity index (χ0) is 15.5. The van der Waals surface area contributed by atoms with Crippen LogP contribution in [0.4, 0.5) is 0 Å². The Hall–Kier alpha value is -1.17. The van der Waals surface area contributed by atoms with E-state index in [1.807, 2.05) is 37.4 Å². The number of benzene rings is 1. The number of thiophene rings is 1. The predicted molar refractivity (Wildman–Crippen MR) is 93.8 cm³/mol. The minimum atomic E-state index is -0.248. The van der Waals surface area contributed by atoms with E-state index in [0.29, 0.717) is 6.04 Å². The third-order valence-electron chi connectivity index (χ3n) is 3.76. The van der Waals surface area contributed by atoms with Crippen molar-refractivity contribution in [3.63, 3.8) is 0 Å². The number of hydrogen-bond donors (Lipinski definition) is 1. The smallest absolute Gasteiger partial charge is 0.242 e. The van der Waals surface area contributed by atoms with Gasteiger partial charge in [0.1, 0.15) is 6.04 Å². The highest BCUT2D eigenvalue weighted by Gasteiger charge is 2.30. The van der Waals surface area contributed by atoms with Crippen molar-refractivity contribution in [3.8, 4) is 0 Å². The molecule has 1 aliphatic rings. The van der Waals surface area contributed by atoms with E-state index in [-0.39, 0.29) is 11.9 Å². The normalized spacial score (nSPS) is 15.8. The largest absolute Gasteiger partial charge is 0.352 e. The topological polar surface area (TPSA) is 32.3 Å². The van der Waals surface area contributed by atoms with Crippen LogP contribution >= 0.6 is 27.3 Å². The summed E-state index contributed by atoms with van der Waals surface area (Å²) in [5.41, 5.74) is 1.04. The summed E-state index contributed by atoms with van der Waals surface area (Å²) in [7, 11) is 2.01. The second-order valence-electron chi connectivity index (χ2n) is 5.72. The van der Waals surface area contributed by atoms with Gasteiger partial charge in [0.2, 0.25) is 5.91 Å². The first kappa shape index (κ1) is 15.7. The van der Waals surface area contributed by atoms with E-state index in [0.717, 1.165) is 28.7 Å². The van der Waals surface area contributed by atoms with Gasteiger partial charge in [-0.25, -0.2) is 0 Å². The van der Waals surface area contributed by atoms with Crippen LogP contribution in [0.3, 0.4) is 0 Å². The predicted octanol–water partition coefficient (Wildman–Crippen LogP) is 3.96. The summed E-state index contributed by atoms with van der Waals surface area (Å²) < 4.78 is 1.12. The first-order chi connectivity index (χ1) is 10.6. The summed E-state index contributed by atoms with van der Waals surface area (Å²) in [5, 5.41) is 3.14. The Kier molecular flexibility index (Phi) is 4.96. The molecule has 116 valence electrons. The van der Waals surface area contributed by atoms with Gasteiger partial charge in [0.15, 0.2) is 0 Å². The number of carbonyl (C=O) groups is 1. The van der Waals surface area contributed by atoms with Gasteiger partial charge in [-0.05, 0) is 53.5 Å². The van der Waals surface area contributed by atoms with Gasteiger partial charge in [-0.2, -0.15) is 0 Å². The average Bonchev–Trinajstić information content (AvgIpc) is 3.21. The van der Waals surface area contributed by atoms with Crippen molar-refractivity contribution in [2.24, 2.45) is 0 Å². The van der Waals surface area contributed by atoms with Gasteiger partial charge < -0.3 is 5.32 Å². The lowest BCUT2D eigenvalue weighted by atomic mass is 10.0. The van der Waals surface area contributed by atoms with Crippen molar-refractivity contribution in [1.29, 1.82) is 0 Å². The van der Waals surface area contributed by atoms with E-state index in [9.17, 15) is 4.79 Å². The molecule has 0 spiro atoms. The zero-order valence-electron chi connectivity index (χ0n) is 12.5. The number of nitrogens with one attached hydrogen (secondary N) is 1. The summed E-state index contributed by atoms with van der Waals surface area (Å²) in [5.74, 6) is 0.104. The van der Waals surface area contributed by atoms with E-state index in [4.69, 9.17) is 0 Å². The molecule has 1 aromatic heterocycles. The van der Waals surface area contributed by atoms with Gasteiger partial charge in [0, 0.05) is 17.5 Å². The Balaban J connectivity index is 1.78. The van der Waals surface area contributed by atoms with Crippen molar-refractivity contribution in [2.75, 3.05) is 7.05 Å². The van der Waals surface area contributed by atoms with Crippen molar-refractivity contribution in [3.05, 3.63) is 56.7 Å². The molecular formula is C17H19BrN2OS. The van der Waals surface area contributed by atoms with E-state index >= 15 is 0 Å². The maximum atomic E-state index is 12.7. The van der Waals surface area contributed by atoms with E-state index < -0.39 is 0 Å². The Labute approximate surface area is 143 Å². The molecule has 1 heterocycles. The quantitative estimate of drug-likeness (QED) is 0.824. The van der Waals surface area contributed by atoms with Crippen LogP contribution in [0, 0.1) is 0 Å². The molecule has 1 fully saturated rings. The molecule has 1 aliphatic carbocycles. The number of halogens is 1. The minimum Gasteiger partial charge on any atom is -0.352 e. The minimum absolute atomic E-state index is 0.104. The fourth-order valence-electron chi connectivity index (χ4n) is 2.52. The monoisotopic (exact) mass is 378 g/mol. The number of carbonyl (C=O) groups excluding carboxylic acids is 1. The lowest BCUT2D eigenvalue weighted by Gasteiger charge is -2.27. The Morgan fingerprint density at radius 2 is 2.05 bits per heavy atom. The Morgan fingerprint density at radius 3 is 2.64 bits per heavy atom. The third kappa shape index (κ3) is 3.97. The molecule has 22 heavy (non-hydrogen) atoms. The lowest BCUT2D eigenvalue weighted by molar-refractivity contribution is -0.126. The molecule has 1 saturated carbocycles. The number of rotatable bonds is 6. The van der Waals surface area contributed by atoms with Gasteiger partial charge in [-0.15, -0.1) is 11.3 Å². The van der Waals surface area contributed by atoms with Crippen LogP contribution in [0.15, 0.2) is 46.3 Å². The molecular weight excluding hydrogens is 360 g/mol. The average molecular weight is 379 g/mol. The molecule has 0 saturated heterocycles. The van der Waals surface area contributed by atoms with Crippen LogP contribution < -0.4 is 5.32 Å². The van der Waals surface area contributed by atoms with Crippen LogP contribution in [-0.4, -0.2) is 23.9 Å². The summed E-state index contributed by atoms with van der Waals surface area (Å²) in [6, 6.07) is 14.3. The highest BCUT2D eigenvalue weighted by Crippen LogP contribution is 2.28. The van der Waals surface area contributed by atoms with Crippen LogP contribution in [0.25, 0.3) is 0 Å². The standard InChI is InChI=1S/C17H19BrN2OS/c1-20(11-14-9-10-15(18)22-14)16(12-5-3-2-4-6-12)17(21)19-13-7-8-13/h2-6,9-10,13,16H,7-8,11H2,1H3,(H,19,21)/t16-/m0/s1. The van der Waals surface area contributed by atoms with Crippen LogP contribution in [0.2, 0.25) is 0 Å². The van der Waals surface area contributed by atoms with E-state index in [1.165, 1.54) is 4.88 Å². The van der Waals surface area contributed by atoms with Crippen molar-refractivity contribution >= 4 is 33.2 Å². The molecule has 1 atom stereocenters. The SMILES string of the molecule is CN(Cc1ccc(Br)s1)[C@H](C(=O)NC1CC1)c1ccccc1. The van der Waals surface area contributed by atoms with Crippen LogP contribution in [0.1, 0.15) is 29.3 Å². The second kappa shape index (κ2) is 6.94. The Morgan fingerprint density at radius 1 is 1.32 bits per heavy atom. The summed E-state index contributed by atoms with van der Waals surface area (Å²) >= 11 is 5.20. The maximum Gasteiger partial charge on any atom is 0.242 e. The fraction of sp³-hybridized carbons (Fsp3) is 0.353. The molecule has 0 aliphatic heterocycles. The van der Waals surface area contributed by atoms with Gasteiger partial charge in [0.05, 0.1) is 3.79 Å². The Bertz CT molecular complexity index is 639. The van der Waals surface area contributed by atoms with Crippen LogP contribution in [0.5, 0.6) is 0 Å². The molecule has 2 aromatic rings. The lowest BCUT2D eigenvalue weighted by Crippen LogP contribution is -2.39. The van der Waals surface area contributed by atoms with Gasteiger partial charge in [0.25, 0.3) is 0 Å². The molecule has 5 heteroatoms. The molecule has 1 amide bonds. The van der Waals surface area contributed by atoms with E-state index in [2.05, 4.69) is 38.3 Å². The number of likely N-dealkylation sites (N-methyl/N-ethyl adjacent to an activating group) is 1. The summed E-state index contributed by atoms with van der Waals surface area (Å²) in [6.07, 6.45) is 2.21. The number of hydrogen-bond acceptors (Lipinski definition) is 3. The van der Waals surface area contributed by atoms with Crippen molar-refractivity contribution in [2.45, 2.75) is 31.5 Å². The second-order valence-corrected chi connectivity index (χ2v) is 8.26. The molecule has 3 nitrogen and oxygen atoms in total. The highest BCUT2D eigenvalue weighted by molar-refractivity contribution is 9.11. The van der Waals surface area contributed by atoms with Gasteiger partial charge >= 0.3 is 0 Å². The zero-order valence-corrected chi connectivity index (χ0v) is 14.9. The maximum absolute atomic E-state index is 12.7. The first-order valence-electron chi connectivity index (χ1n) is 7.43. The molecule has 0 bridgehead atoms. The third-order valence-corrected chi connectivity index (χ3v) is 5.37. The first-order valence-corrected chi connectivity index (χ1v) is 9.04. The van der Waals surface area contributed by atoms with Crippen LogP contribution in [-0.2, 0) is 11.3 Å². The molecule has 3 rings (SSSR count). The summed E-state index contributed by atoms with van der Waals surface area (Å²) in [4.78, 5) is 16.0. The van der Waals surface area contributed by atoms with E-state index in [1.54, 1.807) is 11.3 Å². The number of nitrogens with zero attached hydrogens (tertiary/aromatic N) is 1. The van der Waals surface area contributed by atoms with Gasteiger partial charge in [-0.1, -0.05) is 30.3 Å². The fourth-order valence-corrected chi connectivity index (χ4v) is 4.07. The van der Waals surface area contributed by atoms with Gasteiger partial charge in [-0.3, -0.25) is 9.69 Å². The van der Waals surface area contributed by atoms with Crippen molar-refractivity contribution in [1.82, 2.24) is 10.2 Å².